The lowest BCUT2D eigenvalue weighted by Crippen LogP contribution is -2.36. The summed E-state index contributed by atoms with van der Waals surface area (Å²) in [5, 5.41) is 3.66. The van der Waals surface area contributed by atoms with Gasteiger partial charge in [0, 0.05) is 25.8 Å². The van der Waals surface area contributed by atoms with E-state index in [9.17, 15) is 0 Å². The molecular weight excluding hydrogens is 186 g/mol. The van der Waals surface area contributed by atoms with Crippen molar-refractivity contribution in [1.29, 1.82) is 0 Å². The third-order valence-electron chi connectivity index (χ3n) is 3.49. The fourth-order valence-corrected chi connectivity index (χ4v) is 2.68. The molecule has 1 rings (SSSR count). The number of hydrogen-bond donors (Lipinski definition) is 1. The molecule has 1 aliphatic rings. The van der Waals surface area contributed by atoms with Crippen LogP contribution in [-0.2, 0) is 4.74 Å². The zero-order chi connectivity index (χ0) is 11.1. The summed E-state index contributed by atoms with van der Waals surface area (Å²) in [6, 6.07) is 1.25. The second-order valence-electron chi connectivity index (χ2n) is 5.14. The number of hydrogen-bond acceptors (Lipinski definition) is 2. The van der Waals surface area contributed by atoms with Crippen molar-refractivity contribution in [1.82, 2.24) is 5.32 Å². The molecule has 1 fully saturated rings. The maximum atomic E-state index is 5.09. The molecule has 2 heteroatoms. The average Bonchev–Trinajstić information content (AvgIpc) is 2.67. The highest BCUT2D eigenvalue weighted by Gasteiger charge is 2.18. The Bertz CT molecular complexity index is 155. The van der Waals surface area contributed by atoms with Crippen molar-refractivity contribution in [3.8, 4) is 0 Å². The van der Waals surface area contributed by atoms with E-state index in [-0.39, 0.29) is 0 Å². The summed E-state index contributed by atoms with van der Waals surface area (Å²) in [5.74, 6) is 0.988. The lowest BCUT2D eigenvalue weighted by Gasteiger charge is -2.22. The Hall–Kier alpha value is -0.0800. The van der Waals surface area contributed by atoms with Crippen molar-refractivity contribution >= 4 is 0 Å². The van der Waals surface area contributed by atoms with Crippen LogP contribution in [0.2, 0.25) is 0 Å². The van der Waals surface area contributed by atoms with Gasteiger partial charge in [-0.3, -0.25) is 0 Å². The first-order valence-electron chi connectivity index (χ1n) is 6.47. The van der Waals surface area contributed by atoms with E-state index in [2.05, 4.69) is 19.2 Å². The molecule has 0 heterocycles. The Morgan fingerprint density at radius 3 is 2.47 bits per heavy atom. The summed E-state index contributed by atoms with van der Waals surface area (Å²) < 4.78 is 5.09. The van der Waals surface area contributed by atoms with Gasteiger partial charge in [-0.25, -0.2) is 0 Å². The summed E-state index contributed by atoms with van der Waals surface area (Å²) in [7, 11) is 1.77. The molecule has 15 heavy (non-hydrogen) atoms. The highest BCUT2D eigenvalue weighted by Crippen LogP contribution is 2.28. The van der Waals surface area contributed by atoms with E-state index >= 15 is 0 Å². The summed E-state index contributed by atoms with van der Waals surface area (Å²) in [6.45, 7) is 5.44. The van der Waals surface area contributed by atoms with Gasteiger partial charge in [0.2, 0.25) is 0 Å². The number of ether oxygens (including phenoxy) is 1. The van der Waals surface area contributed by atoms with E-state index in [1.165, 1.54) is 32.1 Å². The maximum Gasteiger partial charge on any atom is 0.0476 e. The summed E-state index contributed by atoms with van der Waals surface area (Å²) >= 11 is 0. The zero-order valence-electron chi connectivity index (χ0n) is 10.6. The second-order valence-corrected chi connectivity index (χ2v) is 5.14. The van der Waals surface area contributed by atoms with Crippen LogP contribution in [-0.4, -0.2) is 25.8 Å². The smallest absolute Gasteiger partial charge is 0.0476 e. The second kappa shape index (κ2) is 7.24. The van der Waals surface area contributed by atoms with Crippen LogP contribution in [0.3, 0.4) is 0 Å². The monoisotopic (exact) mass is 213 g/mol. The minimum Gasteiger partial charge on any atom is -0.385 e. The third kappa shape index (κ3) is 5.53. The highest BCUT2D eigenvalue weighted by atomic mass is 16.5. The van der Waals surface area contributed by atoms with E-state index in [0.29, 0.717) is 12.1 Å². The van der Waals surface area contributed by atoms with E-state index < -0.39 is 0 Å². The molecule has 0 radical (unpaired) electrons. The Morgan fingerprint density at radius 2 is 1.87 bits per heavy atom. The molecule has 0 spiro atoms. The van der Waals surface area contributed by atoms with Crippen LogP contribution in [0, 0.1) is 5.92 Å². The van der Waals surface area contributed by atoms with Gasteiger partial charge < -0.3 is 10.1 Å². The fourth-order valence-electron chi connectivity index (χ4n) is 2.68. The van der Waals surface area contributed by atoms with Crippen LogP contribution in [0.25, 0.3) is 0 Å². The van der Waals surface area contributed by atoms with Crippen molar-refractivity contribution < 1.29 is 4.74 Å². The van der Waals surface area contributed by atoms with Crippen molar-refractivity contribution in [3.05, 3.63) is 0 Å². The Labute approximate surface area is 94.8 Å². The largest absolute Gasteiger partial charge is 0.385 e. The van der Waals surface area contributed by atoms with Gasteiger partial charge in [0.1, 0.15) is 0 Å². The van der Waals surface area contributed by atoms with E-state index in [4.69, 9.17) is 4.74 Å². The molecule has 0 aromatic rings. The number of rotatable bonds is 7. The highest BCUT2D eigenvalue weighted by molar-refractivity contribution is 4.75. The summed E-state index contributed by atoms with van der Waals surface area (Å²) in [5.41, 5.74) is 0. The first kappa shape index (κ1) is 13.0. The number of nitrogens with one attached hydrogen (secondary N) is 1. The van der Waals surface area contributed by atoms with Gasteiger partial charge in [0.25, 0.3) is 0 Å². The van der Waals surface area contributed by atoms with Crippen molar-refractivity contribution in [2.45, 2.75) is 64.5 Å². The minimum absolute atomic E-state index is 0.585. The van der Waals surface area contributed by atoms with Gasteiger partial charge in [-0.1, -0.05) is 25.7 Å². The van der Waals surface area contributed by atoms with Gasteiger partial charge in [0.05, 0.1) is 0 Å². The predicted octanol–water partition coefficient (Wildman–Crippen LogP) is 2.97. The normalized spacial score (nSPS) is 21.8. The molecule has 90 valence electrons. The molecule has 0 amide bonds. The molecule has 1 aliphatic carbocycles. The van der Waals surface area contributed by atoms with Crippen LogP contribution in [0.5, 0.6) is 0 Å². The van der Waals surface area contributed by atoms with Gasteiger partial charge in [-0.05, 0) is 32.6 Å². The first-order chi connectivity index (χ1) is 7.22. The molecule has 0 saturated heterocycles. The summed E-state index contributed by atoms with van der Waals surface area (Å²) in [6.07, 6.45) is 8.30. The third-order valence-corrected chi connectivity index (χ3v) is 3.49. The molecule has 2 nitrogen and oxygen atoms in total. The molecule has 2 atom stereocenters. The van der Waals surface area contributed by atoms with E-state index in [0.717, 1.165) is 18.9 Å². The Morgan fingerprint density at radius 1 is 1.20 bits per heavy atom. The van der Waals surface area contributed by atoms with Gasteiger partial charge >= 0.3 is 0 Å². The fraction of sp³-hybridized carbons (Fsp3) is 1.00. The zero-order valence-corrected chi connectivity index (χ0v) is 10.6. The van der Waals surface area contributed by atoms with Crippen molar-refractivity contribution in [3.63, 3.8) is 0 Å². The van der Waals surface area contributed by atoms with Gasteiger partial charge in [0.15, 0.2) is 0 Å². The Balaban J connectivity index is 2.08. The molecule has 0 aliphatic heterocycles. The van der Waals surface area contributed by atoms with Crippen LogP contribution in [0.15, 0.2) is 0 Å². The standard InChI is InChI=1S/C13H27NO/c1-11(8-9-15-3)14-12(2)10-13-6-4-5-7-13/h11-14H,4-10H2,1-3H3. The SMILES string of the molecule is COCCC(C)NC(C)CC1CCCC1. The average molecular weight is 213 g/mol. The lowest BCUT2D eigenvalue weighted by molar-refractivity contribution is 0.182. The van der Waals surface area contributed by atoms with E-state index in [1.54, 1.807) is 7.11 Å². The van der Waals surface area contributed by atoms with Gasteiger partial charge in [-0.15, -0.1) is 0 Å². The van der Waals surface area contributed by atoms with Crippen molar-refractivity contribution in [2.24, 2.45) is 5.92 Å². The topological polar surface area (TPSA) is 21.3 Å². The maximum absolute atomic E-state index is 5.09. The molecule has 0 aromatic carbocycles. The molecule has 0 aromatic heterocycles. The van der Waals surface area contributed by atoms with Gasteiger partial charge in [-0.2, -0.15) is 0 Å². The molecule has 1 N–H and O–H groups in total. The van der Waals surface area contributed by atoms with Crippen molar-refractivity contribution in [2.75, 3.05) is 13.7 Å². The van der Waals surface area contributed by atoms with Crippen LogP contribution in [0.4, 0.5) is 0 Å². The summed E-state index contributed by atoms with van der Waals surface area (Å²) in [4.78, 5) is 0. The lowest BCUT2D eigenvalue weighted by atomic mass is 9.99. The minimum atomic E-state index is 0.585. The van der Waals surface area contributed by atoms with Crippen LogP contribution >= 0.6 is 0 Å². The van der Waals surface area contributed by atoms with Crippen LogP contribution in [0.1, 0.15) is 52.4 Å². The molecule has 0 bridgehead atoms. The van der Waals surface area contributed by atoms with E-state index in [1.807, 2.05) is 0 Å². The number of methoxy groups -OCH3 is 1. The molecular formula is C13H27NO. The molecule has 2 unspecified atom stereocenters. The quantitative estimate of drug-likeness (QED) is 0.702. The first-order valence-corrected chi connectivity index (χ1v) is 6.47. The van der Waals surface area contributed by atoms with Crippen LogP contribution < -0.4 is 5.32 Å². The Kier molecular flexibility index (Phi) is 6.26. The predicted molar refractivity (Wildman–Crippen MR) is 65.1 cm³/mol. The molecule has 1 saturated carbocycles.